The van der Waals surface area contributed by atoms with E-state index in [4.69, 9.17) is 4.74 Å². The van der Waals surface area contributed by atoms with Crippen molar-refractivity contribution < 1.29 is 14.6 Å². The predicted octanol–water partition coefficient (Wildman–Crippen LogP) is 2.34. The minimum Gasteiger partial charge on any atom is -0.395 e. The standard InChI is InChI=1S/C22H28N2O3/c1-17(26)23-20-12-22(27-16-19-10-6-3-7-11-19)21(15-25)24(14-20)13-18-8-4-2-5-9-18/h2-11,20-22,25H,12-16H2,1H3,(H,23,26). The van der Waals surface area contributed by atoms with Crippen LogP contribution in [0.2, 0.25) is 0 Å². The first-order valence-corrected chi connectivity index (χ1v) is 9.47. The van der Waals surface area contributed by atoms with Crippen LogP contribution in [0.25, 0.3) is 0 Å². The Kier molecular flexibility index (Phi) is 6.98. The number of hydrogen-bond donors (Lipinski definition) is 2. The maximum Gasteiger partial charge on any atom is 0.217 e. The van der Waals surface area contributed by atoms with Crippen molar-refractivity contribution >= 4 is 5.91 Å². The molecule has 2 aromatic carbocycles. The number of carbonyl (C=O) groups excluding carboxylic acids is 1. The van der Waals surface area contributed by atoms with E-state index in [-0.39, 0.29) is 30.7 Å². The molecular formula is C22H28N2O3. The van der Waals surface area contributed by atoms with Crippen LogP contribution in [0.4, 0.5) is 0 Å². The highest BCUT2D eigenvalue weighted by molar-refractivity contribution is 5.73. The van der Waals surface area contributed by atoms with Crippen LogP contribution in [0.5, 0.6) is 0 Å². The molecule has 144 valence electrons. The smallest absolute Gasteiger partial charge is 0.217 e. The second-order valence-corrected chi connectivity index (χ2v) is 7.13. The summed E-state index contributed by atoms with van der Waals surface area (Å²) in [5, 5.41) is 13.1. The first-order chi connectivity index (χ1) is 13.2. The summed E-state index contributed by atoms with van der Waals surface area (Å²) in [6, 6.07) is 20.1. The summed E-state index contributed by atoms with van der Waals surface area (Å²) in [6.07, 6.45) is 0.549. The van der Waals surface area contributed by atoms with Crippen molar-refractivity contribution in [2.45, 2.75) is 44.7 Å². The summed E-state index contributed by atoms with van der Waals surface area (Å²) in [4.78, 5) is 13.8. The van der Waals surface area contributed by atoms with Crippen LogP contribution in [0, 0.1) is 0 Å². The van der Waals surface area contributed by atoms with Crippen LogP contribution in [-0.4, -0.2) is 47.3 Å². The van der Waals surface area contributed by atoms with Gasteiger partial charge in [0.25, 0.3) is 0 Å². The molecule has 3 unspecified atom stereocenters. The van der Waals surface area contributed by atoms with Gasteiger partial charge in [0.2, 0.25) is 5.91 Å². The summed E-state index contributed by atoms with van der Waals surface area (Å²) in [5.74, 6) is -0.0380. The van der Waals surface area contributed by atoms with Gasteiger partial charge in [0.05, 0.1) is 25.4 Å². The molecule has 3 atom stereocenters. The van der Waals surface area contributed by atoms with Gasteiger partial charge in [0.1, 0.15) is 0 Å². The molecule has 1 aliphatic heterocycles. The van der Waals surface area contributed by atoms with Gasteiger partial charge in [-0.2, -0.15) is 0 Å². The molecule has 1 heterocycles. The molecule has 0 aliphatic carbocycles. The van der Waals surface area contributed by atoms with Crippen LogP contribution in [0.3, 0.4) is 0 Å². The van der Waals surface area contributed by atoms with Gasteiger partial charge in [0.15, 0.2) is 0 Å². The van der Waals surface area contributed by atoms with Crippen molar-refractivity contribution in [3.63, 3.8) is 0 Å². The Morgan fingerprint density at radius 3 is 2.33 bits per heavy atom. The molecule has 2 aromatic rings. The zero-order valence-corrected chi connectivity index (χ0v) is 15.8. The Hall–Kier alpha value is -2.21. The summed E-state index contributed by atoms with van der Waals surface area (Å²) in [6.45, 7) is 3.48. The Morgan fingerprint density at radius 2 is 1.74 bits per heavy atom. The van der Waals surface area contributed by atoms with Crippen molar-refractivity contribution in [1.29, 1.82) is 0 Å². The molecule has 1 saturated heterocycles. The van der Waals surface area contributed by atoms with E-state index in [1.165, 1.54) is 5.56 Å². The first kappa shape index (κ1) is 19.5. The summed E-state index contributed by atoms with van der Waals surface area (Å²) < 4.78 is 6.20. The minimum absolute atomic E-state index is 0.00906. The number of aliphatic hydroxyl groups excluding tert-OH is 1. The van der Waals surface area contributed by atoms with Crippen LogP contribution in [0.15, 0.2) is 60.7 Å². The molecule has 5 nitrogen and oxygen atoms in total. The first-order valence-electron chi connectivity index (χ1n) is 9.47. The number of amides is 1. The lowest BCUT2D eigenvalue weighted by atomic mass is 9.94. The quantitative estimate of drug-likeness (QED) is 0.788. The molecule has 0 bridgehead atoms. The van der Waals surface area contributed by atoms with Crippen molar-refractivity contribution in [3.05, 3.63) is 71.8 Å². The Balaban J connectivity index is 1.73. The second kappa shape index (κ2) is 9.65. The van der Waals surface area contributed by atoms with Crippen molar-refractivity contribution in [2.24, 2.45) is 0 Å². The maximum atomic E-state index is 11.6. The average Bonchev–Trinajstić information content (AvgIpc) is 2.67. The third-order valence-corrected chi connectivity index (χ3v) is 5.00. The number of aliphatic hydroxyl groups is 1. The monoisotopic (exact) mass is 368 g/mol. The highest BCUT2D eigenvalue weighted by Crippen LogP contribution is 2.24. The molecule has 2 N–H and O–H groups in total. The highest BCUT2D eigenvalue weighted by atomic mass is 16.5. The molecular weight excluding hydrogens is 340 g/mol. The van der Waals surface area contributed by atoms with Gasteiger partial charge in [-0.15, -0.1) is 0 Å². The Bertz CT molecular complexity index is 708. The zero-order valence-electron chi connectivity index (χ0n) is 15.8. The van der Waals surface area contributed by atoms with Crippen molar-refractivity contribution in [3.8, 4) is 0 Å². The number of nitrogens with one attached hydrogen (secondary N) is 1. The Labute approximate surface area is 161 Å². The zero-order chi connectivity index (χ0) is 19.1. The van der Waals surface area contributed by atoms with E-state index in [1.54, 1.807) is 6.92 Å². The molecule has 1 fully saturated rings. The van der Waals surface area contributed by atoms with E-state index in [2.05, 4.69) is 22.3 Å². The number of ether oxygens (including phenoxy) is 1. The number of hydrogen-bond acceptors (Lipinski definition) is 4. The van der Waals surface area contributed by atoms with Gasteiger partial charge in [0, 0.05) is 26.1 Å². The van der Waals surface area contributed by atoms with Gasteiger partial charge in [-0.3, -0.25) is 9.69 Å². The van der Waals surface area contributed by atoms with Crippen LogP contribution in [-0.2, 0) is 22.7 Å². The third kappa shape index (κ3) is 5.63. The van der Waals surface area contributed by atoms with Crippen molar-refractivity contribution in [2.75, 3.05) is 13.2 Å². The molecule has 27 heavy (non-hydrogen) atoms. The fourth-order valence-electron chi connectivity index (χ4n) is 3.75. The molecule has 0 aromatic heterocycles. The molecule has 0 radical (unpaired) electrons. The maximum absolute atomic E-state index is 11.6. The van der Waals surface area contributed by atoms with Crippen LogP contribution >= 0.6 is 0 Å². The fraction of sp³-hybridized carbons (Fsp3) is 0.409. The molecule has 5 heteroatoms. The molecule has 0 spiro atoms. The van der Waals surface area contributed by atoms with Gasteiger partial charge in [-0.05, 0) is 17.5 Å². The van der Waals surface area contributed by atoms with E-state index in [0.717, 1.165) is 5.56 Å². The number of benzene rings is 2. The van der Waals surface area contributed by atoms with Gasteiger partial charge < -0.3 is 15.2 Å². The largest absolute Gasteiger partial charge is 0.395 e. The fourth-order valence-corrected chi connectivity index (χ4v) is 3.75. The molecule has 1 aliphatic rings. The molecule has 3 rings (SSSR count). The lowest BCUT2D eigenvalue weighted by Crippen LogP contribution is -2.59. The van der Waals surface area contributed by atoms with Crippen molar-refractivity contribution in [1.82, 2.24) is 10.2 Å². The minimum atomic E-state index is -0.149. The summed E-state index contributed by atoms with van der Waals surface area (Å²) in [5.41, 5.74) is 2.28. The van der Waals surface area contributed by atoms with E-state index >= 15 is 0 Å². The topological polar surface area (TPSA) is 61.8 Å². The normalized spacial score (nSPS) is 23.1. The van der Waals surface area contributed by atoms with E-state index in [9.17, 15) is 9.90 Å². The number of likely N-dealkylation sites (tertiary alicyclic amines) is 1. The number of carbonyl (C=O) groups is 1. The number of rotatable bonds is 7. The van der Waals surface area contributed by atoms with Gasteiger partial charge >= 0.3 is 0 Å². The van der Waals surface area contributed by atoms with E-state index in [1.807, 2.05) is 48.5 Å². The predicted molar refractivity (Wildman–Crippen MR) is 105 cm³/mol. The van der Waals surface area contributed by atoms with Crippen LogP contribution in [0.1, 0.15) is 24.5 Å². The third-order valence-electron chi connectivity index (χ3n) is 5.00. The molecule has 1 amide bonds. The average molecular weight is 368 g/mol. The Morgan fingerprint density at radius 1 is 1.11 bits per heavy atom. The van der Waals surface area contributed by atoms with Crippen LogP contribution < -0.4 is 5.32 Å². The summed E-state index contributed by atoms with van der Waals surface area (Å²) >= 11 is 0. The van der Waals surface area contributed by atoms with Gasteiger partial charge in [-0.1, -0.05) is 60.7 Å². The van der Waals surface area contributed by atoms with E-state index in [0.29, 0.717) is 26.1 Å². The second-order valence-electron chi connectivity index (χ2n) is 7.13. The molecule has 0 saturated carbocycles. The lowest BCUT2D eigenvalue weighted by Gasteiger charge is -2.44. The number of nitrogens with zero attached hydrogens (tertiary/aromatic N) is 1. The SMILES string of the molecule is CC(=O)NC1CC(OCc2ccccc2)C(CO)N(Cc2ccccc2)C1. The van der Waals surface area contributed by atoms with Gasteiger partial charge in [-0.25, -0.2) is 0 Å². The number of piperidine rings is 1. The lowest BCUT2D eigenvalue weighted by molar-refractivity contribution is -0.122. The van der Waals surface area contributed by atoms with E-state index < -0.39 is 0 Å². The highest BCUT2D eigenvalue weighted by Gasteiger charge is 2.36. The summed E-state index contributed by atoms with van der Waals surface area (Å²) in [7, 11) is 0.